The lowest BCUT2D eigenvalue weighted by Gasteiger charge is -2.08. The van der Waals surface area contributed by atoms with E-state index in [0.717, 1.165) is 18.4 Å². The molecule has 3 nitrogen and oxygen atoms in total. The zero-order valence-corrected chi connectivity index (χ0v) is 12.5. The molecule has 4 heteroatoms. The Labute approximate surface area is 113 Å². The van der Waals surface area contributed by atoms with Crippen LogP contribution in [0.2, 0.25) is 0 Å². The highest BCUT2D eigenvalue weighted by Crippen LogP contribution is 2.32. The predicted molar refractivity (Wildman–Crippen MR) is 77.2 cm³/mol. The van der Waals surface area contributed by atoms with Crippen LogP contribution in [-0.2, 0) is 11.2 Å². The molecule has 0 bridgehead atoms. The summed E-state index contributed by atoms with van der Waals surface area (Å²) in [7, 11) is 0. The van der Waals surface area contributed by atoms with Crippen LogP contribution in [-0.4, -0.2) is 12.1 Å². The molecule has 0 saturated carbocycles. The molecule has 0 aromatic carbocycles. The van der Waals surface area contributed by atoms with E-state index in [9.17, 15) is 4.79 Å². The SMILES string of the molecule is CCCCCc1sc(N)c(C(=O)OC(C)C)c1C. The molecule has 0 spiro atoms. The Hall–Kier alpha value is -1.03. The van der Waals surface area contributed by atoms with Gasteiger partial charge in [0.15, 0.2) is 0 Å². The molecule has 0 amide bonds. The molecule has 0 radical (unpaired) electrons. The van der Waals surface area contributed by atoms with E-state index >= 15 is 0 Å². The molecule has 102 valence electrons. The van der Waals surface area contributed by atoms with Crippen LogP contribution in [0.25, 0.3) is 0 Å². The van der Waals surface area contributed by atoms with Crippen molar-refractivity contribution in [3.8, 4) is 0 Å². The van der Waals surface area contributed by atoms with Crippen molar-refractivity contribution in [2.24, 2.45) is 0 Å². The summed E-state index contributed by atoms with van der Waals surface area (Å²) in [6.07, 6.45) is 4.45. The van der Waals surface area contributed by atoms with Crippen LogP contribution in [0.4, 0.5) is 5.00 Å². The molecule has 0 aliphatic heterocycles. The van der Waals surface area contributed by atoms with Crippen LogP contribution in [0, 0.1) is 6.92 Å². The van der Waals surface area contributed by atoms with Crippen LogP contribution in [0.15, 0.2) is 0 Å². The second-order valence-electron chi connectivity index (χ2n) is 4.80. The number of ether oxygens (including phenoxy) is 1. The van der Waals surface area contributed by atoms with Crippen molar-refractivity contribution in [2.75, 3.05) is 5.73 Å². The number of nitrogen functional groups attached to an aromatic ring is 1. The molecule has 1 rings (SSSR count). The fraction of sp³-hybridized carbons (Fsp3) is 0.643. The number of thiophene rings is 1. The summed E-state index contributed by atoms with van der Waals surface area (Å²) in [6.45, 7) is 7.84. The van der Waals surface area contributed by atoms with Crippen molar-refractivity contribution in [3.05, 3.63) is 16.0 Å². The van der Waals surface area contributed by atoms with Gasteiger partial charge in [-0.15, -0.1) is 11.3 Å². The number of nitrogens with two attached hydrogens (primary N) is 1. The van der Waals surface area contributed by atoms with Gasteiger partial charge in [-0.1, -0.05) is 19.8 Å². The highest BCUT2D eigenvalue weighted by Gasteiger charge is 2.21. The van der Waals surface area contributed by atoms with Crippen molar-refractivity contribution in [3.63, 3.8) is 0 Å². The van der Waals surface area contributed by atoms with Crippen LogP contribution in [0.5, 0.6) is 0 Å². The van der Waals surface area contributed by atoms with Gasteiger partial charge in [0, 0.05) is 4.88 Å². The quantitative estimate of drug-likeness (QED) is 0.628. The van der Waals surface area contributed by atoms with E-state index in [1.807, 2.05) is 20.8 Å². The summed E-state index contributed by atoms with van der Waals surface area (Å²) in [5.41, 5.74) is 7.51. The summed E-state index contributed by atoms with van der Waals surface area (Å²) in [5, 5.41) is 0.588. The minimum absolute atomic E-state index is 0.111. The van der Waals surface area contributed by atoms with Gasteiger partial charge in [0.05, 0.1) is 11.7 Å². The lowest BCUT2D eigenvalue weighted by molar-refractivity contribution is 0.0379. The topological polar surface area (TPSA) is 52.3 Å². The highest BCUT2D eigenvalue weighted by atomic mass is 32.1. The number of carbonyl (C=O) groups excluding carboxylic acids is 1. The second kappa shape index (κ2) is 6.78. The summed E-state index contributed by atoms with van der Waals surface area (Å²) >= 11 is 1.52. The minimum atomic E-state index is -0.294. The van der Waals surface area contributed by atoms with Gasteiger partial charge in [0.2, 0.25) is 0 Å². The third kappa shape index (κ3) is 3.73. The Kier molecular flexibility index (Phi) is 5.66. The van der Waals surface area contributed by atoms with Crippen LogP contribution in [0.1, 0.15) is 60.8 Å². The molecular weight excluding hydrogens is 246 g/mol. The van der Waals surface area contributed by atoms with E-state index in [0.29, 0.717) is 10.6 Å². The normalized spacial score (nSPS) is 10.9. The number of hydrogen-bond donors (Lipinski definition) is 1. The number of rotatable bonds is 6. The minimum Gasteiger partial charge on any atom is -0.459 e. The van der Waals surface area contributed by atoms with Crippen LogP contribution in [0.3, 0.4) is 0 Å². The number of carbonyl (C=O) groups is 1. The molecular formula is C14H23NO2S. The first-order chi connectivity index (χ1) is 8.47. The van der Waals surface area contributed by atoms with Crippen molar-refractivity contribution < 1.29 is 9.53 Å². The Morgan fingerprint density at radius 1 is 1.39 bits per heavy atom. The molecule has 2 N–H and O–H groups in total. The number of hydrogen-bond acceptors (Lipinski definition) is 4. The lowest BCUT2D eigenvalue weighted by atomic mass is 10.1. The van der Waals surface area contributed by atoms with Gasteiger partial charge in [-0.2, -0.15) is 0 Å². The zero-order valence-electron chi connectivity index (χ0n) is 11.7. The molecule has 0 fully saturated rings. The van der Waals surface area contributed by atoms with Crippen LogP contribution >= 0.6 is 11.3 Å². The number of unbranched alkanes of at least 4 members (excludes halogenated alkanes) is 2. The first-order valence-electron chi connectivity index (χ1n) is 6.56. The van der Waals surface area contributed by atoms with Crippen molar-refractivity contribution in [1.82, 2.24) is 0 Å². The molecule has 1 heterocycles. The first kappa shape index (κ1) is 15.0. The fourth-order valence-electron chi connectivity index (χ4n) is 1.89. The zero-order chi connectivity index (χ0) is 13.7. The first-order valence-corrected chi connectivity index (χ1v) is 7.37. The van der Waals surface area contributed by atoms with E-state index in [-0.39, 0.29) is 12.1 Å². The summed E-state index contributed by atoms with van der Waals surface area (Å²) in [6, 6.07) is 0. The molecule has 0 unspecified atom stereocenters. The van der Waals surface area contributed by atoms with E-state index in [1.54, 1.807) is 0 Å². The number of anilines is 1. The maximum Gasteiger partial charge on any atom is 0.341 e. The average Bonchev–Trinajstić information content (AvgIpc) is 2.53. The summed E-state index contributed by atoms with van der Waals surface area (Å²) in [5.74, 6) is -0.294. The smallest absolute Gasteiger partial charge is 0.341 e. The van der Waals surface area contributed by atoms with Crippen LogP contribution < -0.4 is 5.73 Å². The molecule has 0 aliphatic carbocycles. The van der Waals surface area contributed by atoms with E-state index in [2.05, 4.69) is 6.92 Å². The van der Waals surface area contributed by atoms with Gasteiger partial charge in [0.25, 0.3) is 0 Å². The molecule has 0 aliphatic rings. The predicted octanol–water partition coefficient (Wildman–Crippen LogP) is 3.94. The number of aryl methyl sites for hydroxylation is 1. The Bertz CT molecular complexity index is 410. The van der Waals surface area contributed by atoms with Gasteiger partial charge in [-0.05, 0) is 39.2 Å². The average molecular weight is 269 g/mol. The molecule has 0 saturated heterocycles. The third-order valence-corrected chi connectivity index (χ3v) is 4.01. The summed E-state index contributed by atoms with van der Waals surface area (Å²) < 4.78 is 5.22. The maximum atomic E-state index is 11.9. The molecule has 1 aromatic heterocycles. The maximum absolute atomic E-state index is 11.9. The monoisotopic (exact) mass is 269 g/mol. The Morgan fingerprint density at radius 3 is 2.61 bits per heavy atom. The third-order valence-electron chi connectivity index (χ3n) is 2.83. The molecule has 18 heavy (non-hydrogen) atoms. The van der Waals surface area contributed by atoms with E-state index in [4.69, 9.17) is 10.5 Å². The largest absolute Gasteiger partial charge is 0.459 e. The molecule has 1 aromatic rings. The fourth-order valence-corrected chi connectivity index (χ4v) is 2.99. The van der Waals surface area contributed by atoms with Gasteiger partial charge < -0.3 is 10.5 Å². The van der Waals surface area contributed by atoms with Gasteiger partial charge in [-0.25, -0.2) is 4.79 Å². The van der Waals surface area contributed by atoms with Crippen molar-refractivity contribution >= 4 is 22.3 Å². The van der Waals surface area contributed by atoms with E-state index < -0.39 is 0 Å². The number of esters is 1. The Balaban J connectivity index is 2.83. The van der Waals surface area contributed by atoms with E-state index in [1.165, 1.54) is 29.1 Å². The standard InChI is InChI=1S/C14H23NO2S/c1-5-6-7-8-11-10(4)12(13(15)18-11)14(16)17-9(2)3/h9H,5-8,15H2,1-4H3. The van der Waals surface area contributed by atoms with Crippen molar-refractivity contribution in [1.29, 1.82) is 0 Å². The van der Waals surface area contributed by atoms with Crippen molar-refractivity contribution in [2.45, 2.75) is 59.5 Å². The lowest BCUT2D eigenvalue weighted by Crippen LogP contribution is -2.13. The molecule has 0 atom stereocenters. The van der Waals surface area contributed by atoms with Gasteiger partial charge >= 0.3 is 5.97 Å². The Morgan fingerprint density at radius 2 is 2.06 bits per heavy atom. The highest BCUT2D eigenvalue weighted by molar-refractivity contribution is 7.16. The summed E-state index contributed by atoms with van der Waals surface area (Å²) in [4.78, 5) is 13.2. The van der Waals surface area contributed by atoms with Gasteiger partial charge in [0.1, 0.15) is 5.00 Å². The second-order valence-corrected chi connectivity index (χ2v) is 5.94. The van der Waals surface area contributed by atoms with Gasteiger partial charge in [-0.3, -0.25) is 0 Å².